The molecule has 0 fully saturated rings. The Hall–Kier alpha value is -2.63. The number of rotatable bonds is 4. The van der Waals surface area contributed by atoms with Crippen LogP contribution in [0.3, 0.4) is 0 Å². The first-order valence-electron chi connectivity index (χ1n) is 7.29. The molecule has 3 rings (SSSR count). The molecule has 0 spiro atoms. The van der Waals surface area contributed by atoms with Gasteiger partial charge < -0.3 is 4.98 Å². The molecule has 2 aromatic heterocycles. The molecule has 0 atom stereocenters. The maximum absolute atomic E-state index is 12.4. The number of hydrogen-bond acceptors (Lipinski definition) is 3. The number of nitrogens with one attached hydrogen (secondary N) is 1. The summed E-state index contributed by atoms with van der Waals surface area (Å²) in [4.78, 5) is 27.2. The van der Waals surface area contributed by atoms with E-state index in [4.69, 9.17) is 0 Å². The monoisotopic (exact) mass is 298 g/mol. The van der Waals surface area contributed by atoms with E-state index in [-0.39, 0.29) is 11.2 Å². The fourth-order valence-electron chi connectivity index (χ4n) is 2.68. The van der Waals surface area contributed by atoms with E-state index in [1.807, 2.05) is 24.6 Å². The zero-order valence-corrected chi connectivity index (χ0v) is 12.7. The molecular formula is C16H18N4O2. The second-order valence-electron chi connectivity index (χ2n) is 5.44. The first-order chi connectivity index (χ1) is 10.6. The molecule has 1 aromatic carbocycles. The molecule has 0 bridgehead atoms. The Morgan fingerprint density at radius 2 is 1.91 bits per heavy atom. The first-order valence-corrected chi connectivity index (χ1v) is 7.29. The summed E-state index contributed by atoms with van der Waals surface area (Å²) in [5.74, 6) is 0. The van der Waals surface area contributed by atoms with Crippen LogP contribution in [0.25, 0.3) is 10.9 Å². The lowest BCUT2D eigenvalue weighted by atomic mass is 10.2. The van der Waals surface area contributed by atoms with E-state index in [2.05, 4.69) is 10.1 Å². The predicted octanol–water partition coefficient (Wildman–Crippen LogP) is 1.59. The van der Waals surface area contributed by atoms with E-state index >= 15 is 0 Å². The van der Waals surface area contributed by atoms with Gasteiger partial charge in [0.15, 0.2) is 0 Å². The number of nitrogens with zero attached hydrogens (tertiary/aromatic N) is 3. The fraction of sp³-hybridized carbons (Fsp3) is 0.312. The maximum atomic E-state index is 12.4. The van der Waals surface area contributed by atoms with Crippen LogP contribution in [0.5, 0.6) is 0 Å². The van der Waals surface area contributed by atoms with Gasteiger partial charge in [-0.2, -0.15) is 5.10 Å². The smallest absolute Gasteiger partial charge is 0.307 e. The molecule has 3 aromatic rings. The molecule has 0 aliphatic rings. The Bertz CT molecular complexity index is 933. The number of para-hydroxylation sites is 1. The molecule has 0 radical (unpaired) electrons. The summed E-state index contributed by atoms with van der Waals surface area (Å²) in [5.41, 5.74) is 2.02. The summed E-state index contributed by atoms with van der Waals surface area (Å²) < 4.78 is 3.16. The van der Waals surface area contributed by atoms with E-state index in [1.54, 1.807) is 24.3 Å². The first kappa shape index (κ1) is 14.3. The summed E-state index contributed by atoms with van der Waals surface area (Å²) >= 11 is 0. The zero-order chi connectivity index (χ0) is 15.7. The van der Waals surface area contributed by atoms with Crippen molar-refractivity contribution in [1.29, 1.82) is 0 Å². The van der Waals surface area contributed by atoms with E-state index in [1.165, 1.54) is 4.57 Å². The van der Waals surface area contributed by atoms with E-state index in [0.717, 1.165) is 11.4 Å². The minimum Gasteiger partial charge on any atom is -0.307 e. The van der Waals surface area contributed by atoms with Gasteiger partial charge in [-0.3, -0.25) is 14.0 Å². The lowest BCUT2D eigenvalue weighted by molar-refractivity contribution is 0.501. The van der Waals surface area contributed by atoms with E-state index in [9.17, 15) is 9.59 Å². The molecule has 0 saturated carbocycles. The van der Waals surface area contributed by atoms with Crippen LogP contribution < -0.4 is 11.2 Å². The highest BCUT2D eigenvalue weighted by Gasteiger charge is 2.07. The van der Waals surface area contributed by atoms with Crippen molar-refractivity contribution in [3.05, 3.63) is 62.6 Å². The van der Waals surface area contributed by atoms with Crippen molar-refractivity contribution in [2.24, 2.45) is 0 Å². The Balaban J connectivity index is 1.84. The lowest BCUT2D eigenvalue weighted by Crippen LogP contribution is -2.35. The average Bonchev–Trinajstić information content (AvgIpc) is 2.80. The van der Waals surface area contributed by atoms with Gasteiger partial charge in [0.2, 0.25) is 0 Å². The number of fused-ring (bicyclic) bond motifs is 1. The van der Waals surface area contributed by atoms with Crippen LogP contribution in [0.2, 0.25) is 0 Å². The Morgan fingerprint density at radius 1 is 1.14 bits per heavy atom. The topological polar surface area (TPSA) is 72.7 Å². The van der Waals surface area contributed by atoms with Crippen LogP contribution in [-0.2, 0) is 13.1 Å². The van der Waals surface area contributed by atoms with Crippen LogP contribution >= 0.6 is 0 Å². The van der Waals surface area contributed by atoms with Crippen LogP contribution in [0, 0.1) is 13.8 Å². The van der Waals surface area contributed by atoms with E-state index in [0.29, 0.717) is 30.4 Å². The number of aryl methyl sites for hydroxylation is 3. The fourth-order valence-corrected chi connectivity index (χ4v) is 2.68. The third kappa shape index (κ3) is 2.59. The van der Waals surface area contributed by atoms with Crippen molar-refractivity contribution in [3.63, 3.8) is 0 Å². The number of H-pyrrole nitrogens is 1. The summed E-state index contributed by atoms with van der Waals surface area (Å²) in [5, 5.41) is 4.91. The SMILES string of the molecule is Cc1cc(C)n(CCCn2c(=O)[nH]c3ccccc3c2=O)n1. The average molecular weight is 298 g/mol. The molecule has 1 N–H and O–H groups in total. The number of aromatic amines is 1. The number of benzene rings is 1. The summed E-state index contributed by atoms with van der Waals surface area (Å²) in [6, 6.07) is 9.06. The molecule has 0 unspecified atom stereocenters. The molecule has 0 aliphatic heterocycles. The molecule has 0 amide bonds. The third-order valence-corrected chi connectivity index (χ3v) is 3.74. The molecule has 6 nitrogen and oxygen atoms in total. The normalized spacial score (nSPS) is 11.2. The van der Waals surface area contributed by atoms with Gasteiger partial charge in [0.05, 0.1) is 16.6 Å². The van der Waals surface area contributed by atoms with Crippen LogP contribution in [0.15, 0.2) is 39.9 Å². The van der Waals surface area contributed by atoms with Gasteiger partial charge in [-0.15, -0.1) is 0 Å². The van der Waals surface area contributed by atoms with Crippen LogP contribution in [-0.4, -0.2) is 19.3 Å². The van der Waals surface area contributed by atoms with Crippen LogP contribution in [0.1, 0.15) is 17.8 Å². The molecule has 22 heavy (non-hydrogen) atoms. The second-order valence-corrected chi connectivity index (χ2v) is 5.44. The maximum Gasteiger partial charge on any atom is 0.328 e. The highest BCUT2D eigenvalue weighted by atomic mass is 16.2. The summed E-state index contributed by atoms with van der Waals surface area (Å²) in [6.07, 6.45) is 0.670. The second kappa shape index (κ2) is 5.63. The molecule has 0 saturated heterocycles. The standard InChI is InChI=1S/C16H18N4O2/c1-11-10-12(2)20(18-11)9-5-8-19-15(21)13-6-3-4-7-14(13)17-16(19)22/h3-4,6-7,10H,5,8-9H2,1-2H3,(H,17,22). The van der Waals surface area contributed by atoms with Gasteiger partial charge in [-0.1, -0.05) is 12.1 Å². The van der Waals surface area contributed by atoms with Crippen molar-refractivity contribution in [1.82, 2.24) is 19.3 Å². The molecule has 2 heterocycles. The van der Waals surface area contributed by atoms with Gasteiger partial charge in [-0.05, 0) is 38.5 Å². The molecule has 6 heteroatoms. The van der Waals surface area contributed by atoms with Gasteiger partial charge in [0.1, 0.15) is 0 Å². The Labute approximate surface area is 127 Å². The minimum atomic E-state index is -0.364. The Kier molecular flexibility index (Phi) is 3.66. The minimum absolute atomic E-state index is 0.243. The third-order valence-electron chi connectivity index (χ3n) is 3.74. The lowest BCUT2D eigenvalue weighted by Gasteiger charge is -2.07. The summed E-state index contributed by atoms with van der Waals surface area (Å²) in [7, 11) is 0. The zero-order valence-electron chi connectivity index (χ0n) is 12.7. The quantitative estimate of drug-likeness (QED) is 0.795. The van der Waals surface area contributed by atoms with Crippen LogP contribution in [0.4, 0.5) is 0 Å². The van der Waals surface area contributed by atoms with Gasteiger partial charge in [-0.25, -0.2) is 4.79 Å². The Morgan fingerprint density at radius 3 is 2.64 bits per heavy atom. The number of hydrogen-bond donors (Lipinski definition) is 1. The van der Waals surface area contributed by atoms with Gasteiger partial charge in [0.25, 0.3) is 5.56 Å². The van der Waals surface area contributed by atoms with Crippen molar-refractivity contribution in [2.75, 3.05) is 0 Å². The van der Waals surface area contributed by atoms with Crippen molar-refractivity contribution < 1.29 is 0 Å². The molecule has 0 aliphatic carbocycles. The highest BCUT2D eigenvalue weighted by molar-refractivity contribution is 5.76. The van der Waals surface area contributed by atoms with E-state index < -0.39 is 0 Å². The largest absolute Gasteiger partial charge is 0.328 e. The van der Waals surface area contributed by atoms with Gasteiger partial charge in [0, 0.05) is 18.8 Å². The van der Waals surface area contributed by atoms with Gasteiger partial charge >= 0.3 is 5.69 Å². The predicted molar refractivity (Wildman–Crippen MR) is 85.1 cm³/mol. The van der Waals surface area contributed by atoms with Crippen molar-refractivity contribution in [2.45, 2.75) is 33.4 Å². The summed E-state index contributed by atoms with van der Waals surface area (Å²) in [6.45, 7) is 4.99. The number of aromatic nitrogens is 4. The molecular weight excluding hydrogens is 280 g/mol. The van der Waals surface area contributed by atoms with Crippen molar-refractivity contribution >= 4 is 10.9 Å². The highest BCUT2D eigenvalue weighted by Crippen LogP contribution is 2.05. The molecule has 114 valence electrons. The van der Waals surface area contributed by atoms with Crippen molar-refractivity contribution in [3.8, 4) is 0 Å².